The van der Waals surface area contributed by atoms with E-state index >= 15 is 0 Å². The van der Waals surface area contributed by atoms with E-state index in [9.17, 15) is 22.9 Å². The molecule has 0 bridgehead atoms. The SMILES string of the molecule is COC(=O)C(N=O)c1ccc(C2=NOC(c3cc(Cl)cc(Cl)c3)(C(F)(F)F)C2)cc1C. The molecule has 11 heteroatoms. The molecule has 1 heterocycles. The lowest BCUT2D eigenvalue weighted by atomic mass is 9.86. The van der Waals surface area contributed by atoms with Gasteiger partial charge < -0.3 is 9.57 Å². The molecule has 2 atom stereocenters. The number of hydrogen-bond acceptors (Lipinski definition) is 6. The van der Waals surface area contributed by atoms with Crippen LogP contribution in [0.5, 0.6) is 0 Å². The zero-order valence-electron chi connectivity index (χ0n) is 16.2. The smallest absolute Gasteiger partial charge is 0.435 e. The molecule has 6 nitrogen and oxygen atoms in total. The van der Waals surface area contributed by atoms with Gasteiger partial charge in [-0.3, -0.25) is 0 Å². The molecule has 0 radical (unpaired) electrons. The van der Waals surface area contributed by atoms with Gasteiger partial charge in [-0.15, -0.1) is 4.91 Å². The van der Waals surface area contributed by atoms with Gasteiger partial charge in [-0.2, -0.15) is 13.2 Å². The Kier molecular flexibility index (Phi) is 6.29. The third kappa shape index (κ3) is 4.24. The van der Waals surface area contributed by atoms with Gasteiger partial charge in [0.05, 0.1) is 12.8 Å². The highest BCUT2D eigenvalue weighted by molar-refractivity contribution is 6.34. The fourth-order valence-electron chi connectivity index (χ4n) is 3.35. The Hall–Kier alpha value is -2.65. The molecule has 2 aromatic carbocycles. The number of carbonyl (C=O) groups excluding carboxylic acids is 1. The number of hydrogen-bond donors (Lipinski definition) is 0. The summed E-state index contributed by atoms with van der Waals surface area (Å²) >= 11 is 11.8. The van der Waals surface area contributed by atoms with Crippen molar-refractivity contribution in [2.24, 2.45) is 10.3 Å². The zero-order chi connectivity index (χ0) is 23.0. The van der Waals surface area contributed by atoms with Crippen molar-refractivity contribution in [1.82, 2.24) is 0 Å². The molecule has 31 heavy (non-hydrogen) atoms. The highest BCUT2D eigenvalue weighted by Gasteiger charge is 2.62. The maximum absolute atomic E-state index is 14.1. The number of alkyl halides is 3. The van der Waals surface area contributed by atoms with E-state index in [1.165, 1.54) is 24.3 Å². The molecule has 0 fully saturated rings. The minimum Gasteiger partial charge on any atom is -0.467 e. The summed E-state index contributed by atoms with van der Waals surface area (Å²) in [5.41, 5.74) is -1.96. The van der Waals surface area contributed by atoms with Crippen LogP contribution in [0.25, 0.3) is 0 Å². The van der Waals surface area contributed by atoms with Gasteiger partial charge in [0, 0.05) is 22.0 Å². The fraction of sp³-hybridized carbons (Fsp3) is 0.300. The number of rotatable bonds is 5. The largest absolute Gasteiger partial charge is 0.467 e. The molecule has 1 aliphatic rings. The van der Waals surface area contributed by atoms with Crippen LogP contribution in [0.3, 0.4) is 0 Å². The molecule has 0 saturated carbocycles. The average Bonchev–Trinajstić information content (AvgIpc) is 3.15. The number of ether oxygens (including phenoxy) is 1. The Morgan fingerprint density at radius 2 is 1.87 bits per heavy atom. The van der Waals surface area contributed by atoms with Crippen LogP contribution >= 0.6 is 23.2 Å². The average molecular weight is 475 g/mol. The molecule has 0 aromatic heterocycles. The lowest BCUT2D eigenvalue weighted by molar-refractivity contribution is -0.275. The van der Waals surface area contributed by atoms with Gasteiger partial charge in [-0.05, 0) is 53.1 Å². The third-order valence-electron chi connectivity index (χ3n) is 4.94. The van der Waals surface area contributed by atoms with Crippen LogP contribution in [0.15, 0.2) is 46.7 Å². The van der Waals surface area contributed by atoms with Gasteiger partial charge in [0.2, 0.25) is 6.04 Å². The summed E-state index contributed by atoms with van der Waals surface area (Å²) in [6, 6.07) is 6.53. The molecule has 0 spiro atoms. The summed E-state index contributed by atoms with van der Waals surface area (Å²) < 4.78 is 46.8. The monoisotopic (exact) mass is 474 g/mol. The normalized spacial score (nSPS) is 19.4. The number of nitrogens with zero attached hydrogens (tertiary/aromatic N) is 2. The predicted octanol–water partition coefficient (Wildman–Crippen LogP) is 5.86. The van der Waals surface area contributed by atoms with Gasteiger partial charge in [-0.25, -0.2) is 4.79 Å². The van der Waals surface area contributed by atoms with E-state index in [1.54, 1.807) is 6.92 Å². The summed E-state index contributed by atoms with van der Waals surface area (Å²) in [5, 5.41) is 6.51. The molecule has 2 unspecified atom stereocenters. The van der Waals surface area contributed by atoms with E-state index < -0.39 is 30.2 Å². The van der Waals surface area contributed by atoms with E-state index in [0.29, 0.717) is 11.1 Å². The number of nitroso groups, excluding NO2 is 1. The summed E-state index contributed by atoms with van der Waals surface area (Å²) in [4.78, 5) is 27.8. The predicted molar refractivity (Wildman–Crippen MR) is 108 cm³/mol. The second-order valence-corrected chi connectivity index (χ2v) is 7.76. The number of oxime groups is 1. The standard InChI is InChI=1S/C20H15Cl2F3N2O4/c1-10-5-11(3-4-15(10)17(26-29)18(28)30-2)16-9-19(31-27-16,20(23,24)25)12-6-13(21)8-14(22)7-12/h3-8,17H,9H2,1-2H3. The lowest BCUT2D eigenvalue weighted by Gasteiger charge is -2.29. The summed E-state index contributed by atoms with van der Waals surface area (Å²) in [6.07, 6.45) is -5.45. The number of carbonyl (C=O) groups is 1. The first-order chi connectivity index (χ1) is 14.5. The summed E-state index contributed by atoms with van der Waals surface area (Å²) in [7, 11) is 1.12. The molecule has 0 saturated heterocycles. The Balaban J connectivity index is 1.98. The van der Waals surface area contributed by atoms with Crippen molar-refractivity contribution in [3.05, 3.63) is 73.6 Å². The van der Waals surface area contributed by atoms with Crippen molar-refractivity contribution in [3.8, 4) is 0 Å². The van der Waals surface area contributed by atoms with Crippen molar-refractivity contribution in [3.63, 3.8) is 0 Å². The topological polar surface area (TPSA) is 77.3 Å². The van der Waals surface area contributed by atoms with Crippen molar-refractivity contribution in [1.29, 1.82) is 0 Å². The number of methoxy groups -OCH3 is 1. The first-order valence-corrected chi connectivity index (χ1v) is 9.57. The summed E-state index contributed by atoms with van der Waals surface area (Å²) in [5.74, 6) is -0.846. The minimum atomic E-state index is -4.82. The minimum absolute atomic E-state index is 0.0248. The van der Waals surface area contributed by atoms with Crippen molar-refractivity contribution in [2.45, 2.75) is 31.2 Å². The molecule has 3 rings (SSSR count). The molecule has 1 aliphatic heterocycles. The van der Waals surface area contributed by atoms with Crippen LogP contribution in [-0.4, -0.2) is 25.0 Å². The van der Waals surface area contributed by atoms with Crippen LogP contribution in [0.2, 0.25) is 10.0 Å². The zero-order valence-corrected chi connectivity index (χ0v) is 17.7. The van der Waals surface area contributed by atoms with Crippen LogP contribution in [0, 0.1) is 11.8 Å². The number of aryl methyl sites for hydroxylation is 1. The maximum Gasteiger partial charge on any atom is 0.435 e. The van der Waals surface area contributed by atoms with E-state index in [1.807, 2.05) is 0 Å². The molecule has 0 N–H and O–H groups in total. The van der Waals surface area contributed by atoms with Crippen LogP contribution in [-0.2, 0) is 20.0 Å². The molecule has 2 aromatic rings. The van der Waals surface area contributed by atoms with Crippen molar-refractivity contribution < 1.29 is 27.5 Å². The van der Waals surface area contributed by atoms with Crippen molar-refractivity contribution >= 4 is 34.9 Å². The van der Waals surface area contributed by atoms with Crippen LogP contribution < -0.4 is 0 Å². The maximum atomic E-state index is 14.1. The third-order valence-corrected chi connectivity index (χ3v) is 5.38. The number of esters is 1. The van der Waals surface area contributed by atoms with E-state index in [2.05, 4.69) is 15.1 Å². The first-order valence-electron chi connectivity index (χ1n) is 8.82. The van der Waals surface area contributed by atoms with E-state index in [-0.39, 0.29) is 26.9 Å². The Bertz CT molecular complexity index is 1050. The molecular formula is C20H15Cl2F3N2O4. The van der Waals surface area contributed by atoms with E-state index in [4.69, 9.17) is 28.0 Å². The number of halogens is 5. The Morgan fingerprint density at radius 1 is 1.23 bits per heavy atom. The van der Waals surface area contributed by atoms with Gasteiger partial charge in [0.1, 0.15) is 0 Å². The van der Waals surface area contributed by atoms with Gasteiger partial charge in [-0.1, -0.05) is 40.5 Å². The van der Waals surface area contributed by atoms with Crippen molar-refractivity contribution in [2.75, 3.05) is 7.11 Å². The lowest BCUT2D eigenvalue weighted by Crippen LogP contribution is -2.42. The molecule has 0 amide bonds. The quantitative estimate of drug-likeness (QED) is 0.401. The van der Waals surface area contributed by atoms with Crippen LogP contribution in [0.4, 0.5) is 13.2 Å². The van der Waals surface area contributed by atoms with Gasteiger partial charge >= 0.3 is 12.1 Å². The summed E-state index contributed by atoms with van der Waals surface area (Å²) in [6.45, 7) is 1.59. The highest BCUT2D eigenvalue weighted by atomic mass is 35.5. The second-order valence-electron chi connectivity index (χ2n) is 6.89. The molecular weight excluding hydrogens is 460 g/mol. The first kappa shape index (κ1) is 23.0. The molecule has 164 valence electrons. The fourth-order valence-corrected chi connectivity index (χ4v) is 3.87. The van der Waals surface area contributed by atoms with E-state index in [0.717, 1.165) is 19.2 Å². The molecule has 0 aliphatic carbocycles. The van der Waals surface area contributed by atoms with Crippen LogP contribution in [0.1, 0.15) is 34.7 Å². The Morgan fingerprint density at radius 3 is 2.39 bits per heavy atom. The van der Waals surface area contributed by atoms with Gasteiger partial charge in [0.25, 0.3) is 5.60 Å². The highest BCUT2D eigenvalue weighted by Crippen LogP contribution is 2.49. The number of benzene rings is 2. The van der Waals surface area contributed by atoms with Gasteiger partial charge in [0.15, 0.2) is 0 Å². The Labute approximate surface area is 184 Å². The second kappa shape index (κ2) is 8.47.